The van der Waals surface area contributed by atoms with Crippen LogP contribution in [0.15, 0.2) is 0 Å². The van der Waals surface area contributed by atoms with E-state index in [1.807, 2.05) is 27.7 Å². The van der Waals surface area contributed by atoms with Gasteiger partial charge in [-0.25, -0.2) is 8.42 Å². The van der Waals surface area contributed by atoms with Crippen molar-refractivity contribution >= 4 is 10.0 Å². The monoisotopic (exact) mass is 295 g/mol. The van der Waals surface area contributed by atoms with Gasteiger partial charge in [0.1, 0.15) is 0 Å². The van der Waals surface area contributed by atoms with E-state index in [0.29, 0.717) is 0 Å². The molecule has 0 aromatic rings. The first-order valence-corrected chi connectivity index (χ1v) is 8.32. The minimum absolute atomic E-state index is 0.0667. The summed E-state index contributed by atoms with van der Waals surface area (Å²) >= 11 is 0. The first-order valence-electron chi connectivity index (χ1n) is 6.47. The fourth-order valence-corrected chi connectivity index (χ4v) is 2.92. The van der Waals surface area contributed by atoms with E-state index in [1.165, 1.54) is 4.31 Å². The van der Waals surface area contributed by atoms with E-state index in [2.05, 4.69) is 0 Å². The van der Waals surface area contributed by atoms with Crippen molar-refractivity contribution in [2.24, 2.45) is 5.41 Å². The quantitative estimate of drug-likeness (QED) is 0.786. The topological polar surface area (TPSA) is 66.8 Å². The molecule has 0 aliphatic carbocycles. The summed E-state index contributed by atoms with van der Waals surface area (Å²) in [5.74, 6) is 0. The zero-order valence-corrected chi connectivity index (χ0v) is 14.2. The lowest BCUT2D eigenvalue weighted by atomic mass is 9.90. The summed E-state index contributed by atoms with van der Waals surface area (Å²) in [5, 5.41) is 9.95. The van der Waals surface area contributed by atoms with Crippen LogP contribution in [-0.2, 0) is 14.8 Å². The predicted octanol–water partition coefficient (Wildman–Crippen LogP) is 1.82. The highest BCUT2D eigenvalue weighted by Crippen LogP contribution is 2.24. The number of aliphatic hydroxyl groups is 1. The molecule has 1 unspecified atom stereocenters. The fraction of sp³-hybridized carbons (Fsp3) is 1.00. The Morgan fingerprint density at radius 3 is 1.84 bits per heavy atom. The molecule has 0 amide bonds. The third-order valence-electron chi connectivity index (χ3n) is 3.05. The minimum atomic E-state index is -3.40. The maximum atomic E-state index is 11.8. The molecule has 6 heteroatoms. The lowest BCUT2D eigenvalue weighted by Gasteiger charge is -2.36. The third kappa shape index (κ3) is 6.70. The minimum Gasteiger partial charge on any atom is -0.367 e. The Bertz CT molecular complexity index is 378. The van der Waals surface area contributed by atoms with Gasteiger partial charge in [-0.1, -0.05) is 20.8 Å². The first kappa shape index (κ1) is 18.8. The summed E-state index contributed by atoms with van der Waals surface area (Å²) in [7, 11) is -3.40. The highest BCUT2D eigenvalue weighted by molar-refractivity contribution is 7.88. The second-order valence-electron chi connectivity index (χ2n) is 7.06. The van der Waals surface area contributed by atoms with Gasteiger partial charge < -0.3 is 9.84 Å². The van der Waals surface area contributed by atoms with Crippen LogP contribution < -0.4 is 0 Å². The van der Waals surface area contributed by atoms with Crippen molar-refractivity contribution in [2.45, 2.75) is 66.4 Å². The average Bonchev–Trinajstić information content (AvgIpc) is 2.08. The summed E-state index contributed by atoms with van der Waals surface area (Å²) in [4.78, 5) is 0. The number of rotatable bonds is 5. The molecule has 0 aliphatic rings. The Morgan fingerprint density at radius 2 is 1.58 bits per heavy atom. The van der Waals surface area contributed by atoms with E-state index in [0.717, 1.165) is 6.26 Å². The summed E-state index contributed by atoms with van der Waals surface area (Å²) in [6.07, 6.45) is -0.176. The molecule has 0 rings (SSSR count). The fourth-order valence-electron chi connectivity index (χ4n) is 1.53. The second-order valence-corrected chi connectivity index (χ2v) is 8.97. The van der Waals surface area contributed by atoms with Crippen LogP contribution in [0.25, 0.3) is 0 Å². The van der Waals surface area contributed by atoms with Gasteiger partial charge in [0.05, 0.1) is 18.9 Å². The predicted molar refractivity (Wildman–Crippen MR) is 77.3 cm³/mol. The summed E-state index contributed by atoms with van der Waals surface area (Å²) in [6.45, 7) is 13.2. The van der Waals surface area contributed by atoms with E-state index < -0.39 is 21.9 Å². The van der Waals surface area contributed by atoms with E-state index >= 15 is 0 Å². The van der Waals surface area contributed by atoms with Gasteiger partial charge in [-0.2, -0.15) is 4.31 Å². The number of hydrogen-bond acceptors (Lipinski definition) is 4. The van der Waals surface area contributed by atoms with Crippen molar-refractivity contribution in [3.05, 3.63) is 0 Å². The molecule has 0 saturated carbocycles. The number of ether oxygens (including phenoxy) is 1. The van der Waals surface area contributed by atoms with Crippen molar-refractivity contribution in [3.63, 3.8) is 0 Å². The van der Waals surface area contributed by atoms with Gasteiger partial charge in [0.15, 0.2) is 6.29 Å². The molecular formula is C13H29NO4S. The van der Waals surface area contributed by atoms with Crippen LogP contribution in [-0.4, -0.2) is 48.6 Å². The van der Waals surface area contributed by atoms with Crippen LogP contribution >= 0.6 is 0 Å². The molecule has 0 bridgehead atoms. The van der Waals surface area contributed by atoms with Gasteiger partial charge in [0, 0.05) is 5.54 Å². The van der Waals surface area contributed by atoms with E-state index in [9.17, 15) is 13.5 Å². The molecule has 0 aromatic carbocycles. The van der Waals surface area contributed by atoms with Crippen LogP contribution in [0.1, 0.15) is 48.5 Å². The summed E-state index contributed by atoms with van der Waals surface area (Å²) < 4.78 is 30.2. The molecule has 0 radical (unpaired) electrons. The number of aliphatic hydroxyl groups excluding tert-OH is 1. The van der Waals surface area contributed by atoms with Crippen molar-refractivity contribution in [1.29, 1.82) is 0 Å². The molecule has 1 N–H and O–H groups in total. The standard InChI is InChI=1S/C13H29NO4S/c1-10(12(2,3)4)18-11(15)9-14(13(5,6)7)19(8,16)17/h10-11,15H,9H2,1-8H3/t10?,11-/m0/s1. The largest absolute Gasteiger partial charge is 0.367 e. The van der Waals surface area contributed by atoms with Crippen LogP contribution in [0.2, 0.25) is 0 Å². The maximum absolute atomic E-state index is 11.8. The first-order chi connectivity index (χ1) is 8.15. The van der Waals surface area contributed by atoms with Crippen LogP contribution in [0.4, 0.5) is 0 Å². The SMILES string of the molecule is CC(O[C@H](O)CN(C(C)(C)C)S(C)(=O)=O)C(C)(C)C. The lowest BCUT2D eigenvalue weighted by molar-refractivity contribution is -0.164. The Hall–Kier alpha value is -0.170. The average molecular weight is 295 g/mol. The van der Waals surface area contributed by atoms with Gasteiger partial charge in [-0.3, -0.25) is 0 Å². The van der Waals surface area contributed by atoms with Gasteiger partial charge in [-0.05, 0) is 33.1 Å². The van der Waals surface area contributed by atoms with Gasteiger partial charge in [0.2, 0.25) is 10.0 Å². The Morgan fingerprint density at radius 1 is 1.16 bits per heavy atom. The molecule has 0 aromatic heterocycles. The van der Waals surface area contributed by atoms with Crippen molar-refractivity contribution in [2.75, 3.05) is 12.8 Å². The molecule has 0 aliphatic heterocycles. The van der Waals surface area contributed by atoms with Crippen molar-refractivity contribution in [1.82, 2.24) is 4.31 Å². The number of β-amino-alcohol motifs (C(OH)–C–C–N with tert-alkyl or cyclic N) is 1. The van der Waals surface area contributed by atoms with Crippen molar-refractivity contribution in [3.8, 4) is 0 Å². The summed E-state index contributed by atoms with van der Waals surface area (Å²) in [5.41, 5.74) is -0.707. The highest BCUT2D eigenvalue weighted by atomic mass is 32.2. The van der Waals surface area contributed by atoms with Gasteiger partial charge >= 0.3 is 0 Å². The second kappa shape index (κ2) is 6.08. The van der Waals surface area contributed by atoms with Crippen LogP contribution in [0.3, 0.4) is 0 Å². The Labute approximate surface area is 118 Å². The highest BCUT2D eigenvalue weighted by Gasteiger charge is 2.33. The van der Waals surface area contributed by atoms with Crippen LogP contribution in [0, 0.1) is 5.41 Å². The molecule has 5 nitrogen and oxygen atoms in total. The van der Waals surface area contributed by atoms with E-state index in [-0.39, 0.29) is 18.1 Å². The molecule has 116 valence electrons. The number of sulfonamides is 1. The lowest BCUT2D eigenvalue weighted by Crippen LogP contribution is -2.49. The zero-order valence-electron chi connectivity index (χ0n) is 13.4. The molecule has 0 heterocycles. The smallest absolute Gasteiger partial charge is 0.211 e. The molecule has 19 heavy (non-hydrogen) atoms. The normalized spacial score (nSPS) is 17.6. The zero-order chi connectivity index (χ0) is 15.6. The van der Waals surface area contributed by atoms with Crippen molar-refractivity contribution < 1.29 is 18.3 Å². The molecule has 2 atom stereocenters. The van der Waals surface area contributed by atoms with E-state index in [4.69, 9.17) is 4.74 Å². The van der Waals surface area contributed by atoms with Gasteiger partial charge in [0.25, 0.3) is 0 Å². The molecule has 0 fully saturated rings. The van der Waals surface area contributed by atoms with E-state index in [1.54, 1.807) is 20.8 Å². The van der Waals surface area contributed by atoms with Gasteiger partial charge in [-0.15, -0.1) is 0 Å². The molecular weight excluding hydrogens is 266 g/mol. The van der Waals surface area contributed by atoms with Crippen LogP contribution in [0.5, 0.6) is 0 Å². The molecule has 0 spiro atoms. The molecule has 0 saturated heterocycles. The third-order valence-corrected chi connectivity index (χ3v) is 4.55. The number of hydrogen-bond donors (Lipinski definition) is 1. The Balaban J connectivity index is 4.82. The number of nitrogens with zero attached hydrogens (tertiary/aromatic N) is 1. The summed E-state index contributed by atoms with van der Waals surface area (Å²) in [6, 6.07) is 0. The Kier molecular flexibility index (Phi) is 6.02. The maximum Gasteiger partial charge on any atom is 0.211 e.